The van der Waals surface area contributed by atoms with Gasteiger partial charge in [0.25, 0.3) is 0 Å². The van der Waals surface area contributed by atoms with Crippen molar-refractivity contribution in [3.63, 3.8) is 0 Å². The minimum Gasteiger partial charge on any atom is -0.465 e. The maximum Gasteiger partial charge on any atom is 0.407 e. The molecule has 0 spiro atoms. The van der Waals surface area contributed by atoms with Crippen molar-refractivity contribution < 1.29 is 18.7 Å². The van der Waals surface area contributed by atoms with E-state index >= 15 is 0 Å². The van der Waals surface area contributed by atoms with E-state index in [2.05, 4.69) is 4.90 Å². The molecule has 2 aromatic rings. The lowest BCUT2D eigenvalue weighted by Crippen LogP contribution is -2.58. The number of halogens is 2. The van der Waals surface area contributed by atoms with Gasteiger partial charge in [-0.05, 0) is 49.2 Å². The normalized spacial score (nSPS) is 21.2. The van der Waals surface area contributed by atoms with Crippen LogP contribution in [0.5, 0.6) is 0 Å². The predicted octanol–water partition coefficient (Wildman–Crippen LogP) is 4.13. The van der Waals surface area contributed by atoms with E-state index in [9.17, 15) is 18.7 Å². The van der Waals surface area contributed by atoms with Gasteiger partial charge in [0.1, 0.15) is 11.6 Å². The molecule has 138 valence electrons. The van der Waals surface area contributed by atoms with Gasteiger partial charge in [0.2, 0.25) is 0 Å². The third-order valence-corrected chi connectivity index (χ3v) is 4.98. The quantitative estimate of drug-likeness (QED) is 0.895. The summed E-state index contributed by atoms with van der Waals surface area (Å²) in [5, 5.41) is 9.37. The molecule has 0 unspecified atom stereocenters. The van der Waals surface area contributed by atoms with Crippen LogP contribution in [0.3, 0.4) is 0 Å². The molecule has 6 heteroatoms. The Labute approximate surface area is 151 Å². The third-order valence-electron chi connectivity index (χ3n) is 4.98. The summed E-state index contributed by atoms with van der Waals surface area (Å²) in [5.74, 6) is -0.632. The molecule has 1 aliphatic rings. The molecule has 2 atom stereocenters. The van der Waals surface area contributed by atoms with Gasteiger partial charge < -0.3 is 10.0 Å². The number of nitrogens with zero attached hydrogens (tertiary/aromatic N) is 2. The zero-order chi connectivity index (χ0) is 18.8. The van der Waals surface area contributed by atoms with Gasteiger partial charge in [0, 0.05) is 25.2 Å². The fourth-order valence-electron chi connectivity index (χ4n) is 3.65. The van der Waals surface area contributed by atoms with E-state index in [0.717, 1.165) is 11.1 Å². The molecule has 1 aliphatic heterocycles. The molecule has 0 aliphatic carbocycles. The lowest BCUT2D eigenvalue weighted by molar-refractivity contribution is 0.0280. The van der Waals surface area contributed by atoms with Gasteiger partial charge in [-0.1, -0.05) is 24.3 Å². The Morgan fingerprint density at radius 3 is 1.81 bits per heavy atom. The summed E-state index contributed by atoms with van der Waals surface area (Å²) < 4.78 is 26.8. The Bertz CT molecular complexity index is 719. The molecule has 4 nitrogen and oxygen atoms in total. The third kappa shape index (κ3) is 3.70. The van der Waals surface area contributed by atoms with Crippen molar-refractivity contribution in [3.05, 3.63) is 71.3 Å². The zero-order valence-corrected chi connectivity index (χ0v) is 14.8. The molecular weight excluding hydrogens is 338 g/mol. The zero-order valence-electron chi connectivity index (χ0n) is 14.8. The number of hydrogen-bond donors (Lipinski definition) is 1. The van der Waals surface area contributed by atoms with Crippen LogP contribution in [-0.4, -0.2) is 46.2 Å². The van der Waals surface area contributed by atoms with Crippen LogP contribution < -0.4 is 0 Å². The summed E-state index contributed by atoms with van der Waals surface area (Å²) in [6, 6.07) is 12.1. The summed E-state index contributed by atoms with van der Waals surface area (Å²) in [4.78, 5) is 15.1. The number of carbonyl (C=O) groups is 1. The first-order valence-electron chi connectivity index (χ1n) is 8.63. The van der Waals surface area contributed by atoms with Crippen molar-refractivity contribution in [2.24, 2.45) is 0 Å². The molecule has 1 heterocycles. The van der Waals surface area contributed by atoms with E-state index in [-0.39, 0.29) is 29.8 Å². The van der Waals surface area contributed by atoms with Crippen molar-refractivity contribution >= 4 is 6.09 Å². The lowest BCUT2D eigenvalue weighted by atomic mass is 9.93. The molecule has 1 saturated heterocycles. The van der Waals surface area contributed by atoms with Gasteiger partial charge in [-0.3, -0.25) is 4.90 Å². The van der Waals surface area contributed by atoms with E-state index < -0.39 is 6.09 Å². The van der Waals surface area contributed by atoms with Crippen LogP contribution in [0.15, 0.2) is 48.5 Å². The molecule has 2 aromatic carbocycles. The molecule has 0 aromatic heterocycles. The smallest absolute Gasteiger partial charge is 0.407 e. The van der Waals surface area contributed by atoms with Gasteiger partial charge >= 0.3 is 6.09 Å². The largest absolute Gasteiger partial charge is 0.465 e. The van der Waals surface area contributed by atoms with Crippen LogP contribution in [0.1, 0.15) is 31.0 Å². The van der Waals surface area contributed by atoms with Crippen LogP contribution in [0, 0.1) is 11.6 Å². The van der Waals surface area contributed by atoms with Crippen molar-refractivity contribution in [1.29, 1.82) is 0 Å². The molecule has 26 heavy (non-hydrogen) atoms. The van der Waals surface area contributed by atoms with Crippen molar-refractivity contribution in [2.45, 2.75) is 32.0 Å². The Hall–Kier alpha value is -2.47. The highest BCUT2D eigenvalue weighted by atomic mass is 19.1. The Morgan fingerprint density at radius 1 is 0.923 bits per heavy atom. The number of rotatable bonds is 3. The molecule has 1 N–H and O–H groups in total. The first-order valence-corrected chi connectivity index (χ1v) is 8.63. The summed E-state index contributed by atoms with van der Waals surface area (Å²) in [6.45, 7) is 4.77. The van der Waals surface area contributed by atoms with E-state index in [1.807, 2.05) is 13.8 Å². The fraction of sp³-hybridized carbons (Fsp3) is 0.350. The van der Waals surface area contributed by atoms with Gasteiger partial charge in [0.05, 0.1) is 6.04 Å². The van der Waals surface area contributed by atoms with E-state index in [1.54, 1.807) is 24.3 Å². The first-order chi connectivity index (χ1) is 12.4. The molecule has 0 bridgehead atoms. The highest BCUT2D eigenvalue weighted by Crippen LogP contribution is 2.33. The number of carboxylic acid groups (broad SMARTS) is 1. The maximum atomic E-state index is 13.4. The summed E-state index contributed by atoms with van der Waals surface area (Å²) in [6.07, 6.45) is -0.927. The summed E-state index contributed by atoms with van der Waals surface area (Å²) in [5.41, 5.74) is 1.78. The Kier molecular flexibility index (Phi) is 5.23. The van der Waals surface area contributed by atoms with E-state index in [0.29, 0.717) is 13.1 Å². The Balaban J connectivity index is 1.99. The minimum absolute atomic E-state index is 0.0394. The number of amides is 1. The first kappa shape index (κ1) is 18.3. The topological polar surface area (TPSA) is 43.8 Å². The molecule has 1 fully saturated rings. The van der Waals surface area contributed by atoms with Gasteiger partial charge in [0.15, 0.2) is 0 Å². The van der Waals surface area contributed by atoms with Crippen LogP contribution in [0.25, 0.3) is 0 Å². The number of benzene rings is 2. The lowest BCUT2D eigenvalue weighted by Gasteiger charge is -2.46. The second-order valence-corrected chi connectivity index (χ2v) is 6.84. The second-order valence-electron chi connectivity index (χ2n) is 6.84. The monoisotopic (exact) mass is 360 g/mol. The maximum absolute atomic E-state index is 13.4. The van der Waals surface area contributed by atoms with Crippen LogP contribution in [0.4, 0.5) is 13.6 Å². The highest BCUT2D eigenvalue weighted by Gasteiger charge is 2.36. The van der Waals surface area contributed by atoms with E-state index in [1.165, 1.54) is 29.2 Å². The van der Waals surface area contributed by atoms with Crippen molar-refractivity contribution in [1.82, 2.24) is 9.80 Å². The van der Waals surface area contributed by atoms with Gasteiger partial charge in [-0.2, -0.15) is 0 Å². The number of hydrogen-bond acceptors (Lipinski definition) is 2. The second kappa shape index (κ2) is 7.41. The van der Waals surface area contributed by atoms with Crippen LogP contribution >= 0.6 is 0 Å². The van der Waals surface area contributed by atoms with Gasteiger partial charge in [-0.25, -0.2) is 13.6 Å². The predicted molar refractivity (Wildman–Crippen MR) is 95.0 cm³/mol. The number of piperazine rings is 1. The van der Waals surface area contributed by atoms with Crippen LogP contribution in [-0.2, 0) is 0 Å². The van der Waals surface area contributed by atoms with Crippen molar-refractivity contribution in [2.75, 3.05) is 13.1 Å². The molecule has 1 amide bonds. The average molecular weight is 360 g/mol. The summed E-state index contributed by atoms with van der Waals surface area (Å²) >= 11 is 0. The van der Waals surface area contributed by atoms with E-state index in [4.69, 9.17) is 0 Å². The SMILES string of the molecule is C[C@H]1CN(C(c2ccc(F)cc2)c2ccc(F)cc2)[C@@H](C)CN1C(=O)O. The minimum atomic E-state index is -0.927. The highest BCUT2D eigenvalue weighted by molar-refractivity contribution is 5.65. The molecule has 3 rings (SSSR count). The Morgan fingerprint density at radius 2 is 1.38 bits per heavy atom. The molecule has 0 saturated carbocycles. The average Bonchev–Trinajstić information content (AvgIpc) is 2.60. The van der Waals surface area contributed by atoms with Gasteiger partial charge in [-0.15, -0.1) is 0 Å². The molecular formula is C20H22F2N2O2. The molecule has 0 radical (unpaired) electrons. The standard InChI is InChI=1S/C20H22F2N2O2/c1-13-12-24(20(25)26)14(2)11-23(13)19(15-3-7-17(21)8-4-15)16-5-9-18(22)10-6-16/h3-10,13-14,19H,11-12H2,1-2H3,(H,25,26)/t13-,14-/m0/s1. The van der Waals surface area contributed by atoms with Crippen LogP contribution in [0.2, 0.25) is 0 Å². The fourth-order valence-corrected chi connectivity index (χ4v) is 3.65. The van der Waals surface area contributed by atoms with Crippen molar-refractivity contribution in [3.8, 4) is 0 Å². The summed E-state index contributed by atoms with van der Waals surface area (Å²) in [7, 11) is 0.